The van der Waals surface area contributed by atoms with Gasteiger partial charge in [-0.15, -0.1) is 0 Å². The summed E-state index contributed by atoms with van der Waals surface area (Å²) in [6, 6.07) is -0.225. The molecule has 0 aliphatic carbocycles. The highest BCUT2D eigenvalue weighted by Gasteiger charge is 2.41. The maximum Gasteiger partial charge on any atom is 0.240 e. The molecule has 0 bridgehead atoms. The minimum absolute atomic E-state index is 0.00910. The van der Waals surface area contributed by atoms with Crippen molar-refractivity contribution in [1.29, 1.82) is 0 Å². The van der Waals surface area contributed by atoms with Crippen LogP contribution in [0.3, 0.4) is 0 Å². The van der Waals surface area contributed by atoms with E-state index in [4.69, 9.17) is 0 Å². The molecule has 2 unspecified atom stereocenters. The molecule has 1 heterocycles. The number of rotatable bonds is 5. The second-order valence-corrected chi connectivity index (χ2v) is 8.34. The Morgan fingerprint density at radius 3 is 2.39 bits per heavy atom. The summed E-state index contributed by atoms with van der Waals surface area (Å²) in [7, 11) is -3.19. The third-order valence-electron chi connectivity index (χ3n) is 3.59. The van der Waals surface area contributed by atoms with Crippen molar-refractivity contribution in [3.8, 4) is 0 Å². The van der Waals surface area contributed by atoms with Crippen molar-refractivity contribution in [1.82, 2.24) is 10.2 Å². The highest BCUT2D eigenvalue weighted by Crippen LogP contribution is 2.22. The van der Waals surface area contributed by atoms with E-state index in [-0.39, 0.29) is 24.7 Å². The first-order valence-electron chi connectivity index (χ1n) is 6.36. The van der Waals surface area contributed by atoms with Crippen LogP contribution in [-0.4, -0.2) is 49.0 Å². The first kappa shape index (κ1) is 15.4. The standard InChI is InChI=1S/C12H24N2O3S/c1-6-7-10-13-9(2)11(15)14(10)8-12(3,4)18(5,16)17/h9-10,13H,6-8H2,1-5H3. The zero-order chi connectivity index (χ0) is 14.1. The summed E-state index contributed by atoms with van der Waals surface area (Å²) in [6.07, 6.45) is 2.97. The monoisotopic (exact) mass is 276 g/mol. The minimum Gasteiger partial charge on any atom is -0.324 e. The van der Waals surface area contributed by atoms with Crippen LogP contribution in [0.15, 0.2) is 0 Å². The Kier molecular flexibility index (Phi) is 4.43. The van der Waals surface area contributed by atoms with Crippen LogP contribution < -0.4 is 5.32 Å². The molecule has 0 saturated carbocycles. The lowest BCUT2D eigenvalue weighted by Gasteiger charge is -2.32. The number of nitrogens with one attached hydrogen (secondary N) is 1. The van der Waals surface area contributed by atoms with Crippen LogP contribution >= 0.6 is 0 Å². The maximum atomic E-state index is 12.1. The molecule has 1 aliphatic heterocycles. The molecule has 0 aromatic heterocycles. The van der Waals surface area contributed by atoms with Crippen LogP contribution in [-0.2, 0) is 14.6 Å². The lowest BCUT2D eigenvalue weighted by atomic mass is 10.1. The van der Waals surface area contributed by atoms with E-state index in [9.17, 15) is 13.2 Å². The molecular weight excluding hydrogens is 252 g/mol. The number of hydrogen-bond acceptors (Lipinski definition) is 4. The van der Waals surface area contributed by atoms with E-state index in [1.165, 1.54) is 6.26 Å². The molecule has 18 heavy (non-hydrogen) atoms. The molecule has 1 saturated heterocycles. The quantitative estimate of drug-likeness (QED) is 0.805. The Hall–Kier alpha value is -0.620. The van der Waals surface area contributed by atoms with Crippen LogP contribution in [0, 0.1) is 0 Å². The topological polar surface area (TPSA) is 66.5 Å². The van der Waals surface area contributed by atoms with Crippen molar-refractivity contribution >= 4 is 15.7 Å². The van der Waals surface area contributed by atoms with Crippen molar-refractivity contribution < 1.29 is 13.2 Å². The molecular formula is C12H24N2O3S. The number of carbonyl (C=O) groups is 1. The van der Waals surface area contributed by atoms with Crippen LogP contribution in [0.5, 0.6) is 0 Å². The van der Waals surface area contributed by atoms with E-state index in [2.05, 4.69) is 12.2 Å². The van der Waals surface area contributed by atoms with Gasteiger partial charge >= 0.3 is 0 Å². The summed E-state index contributed by atoms with van der Waals surface area (Å²) in [5, 5.41) is 3.21. The first-order valence-corrected chi connectivity index (χ1v) is 8.25. The van der Waals surface area contributed by atoms with Gasteiger partial charge in [0.1, 0.15) is 0 Å². The summed E-state index contributed by atoms with van der Waals surface area (Å²) < 4.78 is 22.6. The van der Waals surface area contributed by atoms with Gasteiger partial charge in [0.15, 0.2) is 9.84 Å². The van der Waals surface area contributed by atoms with Crippen LogP contribution in [0.4, 0.5) is 0 Å². The Labute approximate surface area is 110 Å². The van der Waals surface area contributed by atoms with Crippen molar-refractivity contribution in [2.75, 3.05) is 12.8 Å². The largest absolute Gasteiger partial charge is 0.324 e. The molecule has 1 N–H and O–H groups in total. The minimum atomic E-state index is -3.19. The average molecular weight is 276 g/mol. The first-order chi connectivity index (χ1) is 8.10. The van der Waals surface area contributed by atoms with E-state index < -0.39 is 14.6 Å². The van der Waals surface area contributed by atoms with E-state index >= 15 is 0 Å². The Morgan fingerprint density at radius 2 is 1.94 bits per heavy atom. The molecule has 6 heteroatoms. The lowest BCUT2D eigenvalue weighted by Crippen LogP contribution is -2.48. The van der Waals surface area contributed by atoms with Crippen molar-refractivity contribution in [2.45, 2.75) is 57.5 Å². The second-order valence-electron chi connectivity index (χ2n) is 5.69. The smallest absolute Gasteiger partial charge is 0.240 e. The van der Waals surface area contributed by atoms with E-state index in [0.29, 0.717) is 0 Å². The molecule has 0 aromatic rings. The molecule has 106 valence electrons. The third-order valence-corrected chi connectivity index (χ3v) is 5.73. The van der Waals surface area contributed by atoms with Crippen LogP contribution in [0.2, 0.25) is 0 Å². The van der Waals surface area contributed by atoms with Gasteiger partial charge in [-0.1, -0.05) is 13.3 Å². The molecule has 1 rings (SSSR count). The molecule has 1 fully saturated rings. The molecule has 0 spiro atoms. The van der Waals surface area contributed by atoms with Gasteiger partial charge in [0.2, 0.25) is 5.91 Å². The predicted molar refractivity (Wildman–Crippen MR) is 71.9 cm³/mol. The fourth-order valence-electron chi connectivity index (χ4n) is 2.08. The van der Waals surface area contributed by atoms with Gasteiger partial charge in [-0.2, -0.15) is 0 Å². The Morgan fingerprint density at radius 1 is 1.39 bits per heavy atom. The van der Waals surface area contributed by atoms with Gasteiger partial charge in [-0.25, -0.2) is 8.42 Å². The number of carbonyl (C=O) groups excluding carboxylic acids is 1. The van der Waals surface area contributed by atoms with Gasteiger partial charge in [-0.3, -0.25) is 10.1 Å². The molecule has 2 atom stereocenters. The zero-order valence-electron chi connectivity index (χ0n) is 11.9. The Bertz CT molecular complexity index is 417. The van der Waals surface area contributed by atoms with E-state index in [1.807, 2.05) is 6.92 Å². The SMILES string of the molecule is CCCC1NC(C)C(=O)N1CC(C)(C)S(C)(=O)=O. The molecule has 1 amide bonds. The van der Waals surface area contributed by atoms with E-state index in [1.54, 1.807) is 18.7 Å². The van der Waals surface area contributed by atoms with Gasteiger partial charge in [0.25, 0.3) is 0 Å². The average Bonchev–Trinajstić information content (AvgIpc) is 2.45. The highest BCUT2D eigenvalue weighted by atomic mass is 32.2. The summed E-state index contributed by atoms with van der Waals surface area (Å²) in [5.74, 6) is -0.00910. The normalized spacial score (nSPS) is 25.8. The predicted octanol–water partition coefficient (Wildman–Crippen LogP) is 0.756. The lowest BCUT2D eigenvalue weighted by molar-refractivity contribution is -0.130. The molecule has 5 nitrogen and oxygen atoms in total. The Balaban J connectivity index is 2.90. The fraction of sp³-hybridized carbons (Fsp3) is 0.917. The van der Waals surface area contributed by atoms with Gasteiger partial charge in [-0.05, 0) is 27.2 Å². The molecule has 0 radical (unpaired) electrons. The van der Waals surface area contributed by atoms with Gasteiger partial charge in [0.05, 0.1) is 17.0 Å². The van der Waals surface area contributed by atoms with Crippen molar-refractivity contribution in [2.24, 2.45) is 0 Å². The van der Waals surface area contributed by atoms with Gasteiger partial charge < -0.3 is 4.90 Å². The summed E-state index contributed by atoms with van der Waals surface area (Å²) >= 11 is 0. The maximum absolute atomic E-state index is 12.1. The van der Waals surface area contributed by atoms with Gasteiger partial charge in [0, 0.05) is 12.8 Å². The fourth-order valence-corrected chi connectivity index (χ4v) is 2.45. The summed E-state index contributed by atoms with van der Waals surface area (Å²) in [4.78, 5) is 13.7. The number of hydrogen-bond donors (Lipinski definition) is 1. The molecule has 1 aliphatic rings. The second kappa shape index (κ2) is 5.17. The number of sulfone groups is 1. The van der Waals surface area contributed by atoms with Crippen molar-refractivity contribution in [3.63, 3.8) is 0 Å². The third kappa shape index (κ3) is 3.03. The summed E-state index contributed by atoms with van der Waals surface area (Å²) in [6.45, 7) is 7.45. The van der Waals surface area contributed by atoms with Crippen LogP contribution in [0.25, 0.3) is 0 Å². The van der Waals surface area contributed by atoms with Crippen molar-refractivity contribution in [3.05, 3.63) is 0 Å². The number of amides is 1. The highest BCUT2D eigenvalue weighted by molar-refractivity contribution is 7.92. The van der Waals surface area contributed by atoms with Crippen LogP contribution in [0.1, 0.15) is 40.5 Å². The summed E-state index contributed by atoms with van der Waals surface area (Å²) in [5.41, 5.74) is 0. The van der Waals surface area contributed by atoms with E-state index in [0.717, 1.165) is 12.8 Å². The number of nitrogens with zero attached hydrogens (tertiary/aromatic N) is 1. The zero-order valence-corrected chi connectivity index (χ0v) is 12.7. The molecule has 0 aromatic carbocycles.